The predicted molar refractivity (Wildman–Crippen MR) is 91.2 cm³/mol. The number of halogens is 1. The van der Waals surface area contributed by atoms with E-state index in [0.717, 1.165) is 25.7 Å². The third-order valence-corrected chi connectivity index (χ3v) is 5.92. The van der Waals surface area contributed by atoms with Crippen molar-refractivity contribution < 1.29 is 14.0 Å². The number of carbonyl (C=O) groups is 2. The van der Waals surface area contributed by atoms with Gasteiger partial charge in [-0.3, -0.25) is 15.0 Å². The minimum absolute atomic E-state index is 0.00810. The molecule has 2 N–H and O–H groups in total. The highest BCUT2D eigenvalue weighted by Crippen LogP contribution is 2.33. The molecule has 5 nitrogen and oxygen atoms in total. The van der Waals surface area contributed by atoms with E-state index in [4.69, 9.17) is 0 Å². The number of rotatable bonds is 3. The number of Topliss-reactive ketones (excluding diaryl/α,β-unsaturated/α-hetero) is 1. The zero-order valence-electron chi connectivity index (χ0n) is 14.2. The van der Waals surface area contributed by atoms with Crippen molar-refractivity contribution in [3.05, 3.63) is 35.6 Å². The topological polar surface area (TPSA) is 61.4 Å². The van der Waals surface area contributed by atoms with Gasteiger partial charge in [0.1, 0.15) is 11.9 Å². The zero-order valence-corrected chi connectivity index (χ0v) is 14.2. The van der Waals surface area contributed by atoms with Crippen LogP contribution >= 0.6 is 0 Å². The minimum atomic E-state index is -0.345. The van der Waals surface area contributed by atoms with Crippen LogP contribution in [-0.4, -0.2) is 41.8 Å². The fourth-order valence-corrected chi connectivity index (χ4v) is 4.55. The van der Waals surface area contributed by atoms with Gasteiger partial charge in [-0.15, -0.1) is 0 Å². The molecule has 0 bridgehead atoms. The van der Waals surface area contributed by atoms with Gasteiger partial charge in [-0.05, 0) is 49.9 Å². The Bertz CT molecular complexity index is 663. The van der Waals surface area contributed by atoms with Crippen LogP contribution < -0.4 is 10.9 Å². The van der Waals surface area contributed by atoms with Crippen LogP contribution in [0, 0.1) is 17.7 Å². The van der Waals surface area contributed by atoms with E-state index in [-0.39, 0.29) is 29.5 Å². The van der Waals surface area contributed by atoms with Crippen LogP contribution in [0.3, 0.4) is 0 Å². The summed E-state index contributed by atoms with van der Waals surface area (Å²) in [6, 6.07) is 5.91. The molecule has 25 heavy (non-hydrogen) atoms. The van der Waals surface area contributed by atoms with Crippen molar-refractivity contribution in [2.24, 2.45) is 11.8 Å². The molecule has 3 fully saturated rings. The van der Waals surface area contributed by atoms with Crippen molar-refractivity contribution in [2.45, 2.75) is 44.2 Å². The van der Waals surface area contributed by atoms with Gasteiger partial charge in [0.25, 0.3) is 0 Å². The van der Waals surface area contributed by atoms with Crippen molar-refractivity contribution in [1.29, 1.82) is 0 Å². The average molecular weight is 345 g/mol. The summed E-state index contributed by atoms with van der Waals surface area (Å²) in [4.78, 5) is 27.5. The normalized spacial score (nSPS) is 31.8. The van der Waals surface area contributed by atoms with Gasteiger partial charge in [-0.2, -0.15) is 0 Å². The van der Waals surface area contributed by atoms with Gasteiger partial charge in [0.2, 0.25) is 5.91 Å². The molecule has 1 aromatic carbocycles. The quantitative estimate of drug-likeness (QED) is 0.822. The number of nitrogens with one attached hydrogen (secondary N) is 2. The van der Waals surface area contributed by atoms with Gasteiger partial charge < -0.3 is 4.90 Å². The number of fused-ring (bicyclic) bond motifs is 1. The van der Waals surface area contributed by atoms with Crippen molar-refractivity contribution >= 4 is 11.7 Å². The molecule has 0 aromatic heterocycles. The lowest BCUT2D eigenvalue weighted by Crippen LogP contribution is -2.51. The molecule has 1 amide bonds. The average Bonchev–Trinajstić information content (AvgIpc) is 3.25. The summed E-state index contributed by atoms with van der Waals surface area (Å²) < 4.78 is 13.1. The predicted octanol–water partition coefficient (Wildman–Crippen LogP) is 1.89. The molecular formula is C19H24FN3O2. The Morgan fingerprint density at radius 2 is 1.84 bits per heavy atom. The number of likely N-dealkylation sites (tertiary alicyclic amines) is 1. The van der Waals surface area contributed by atoms with Gasteiger partial charge in [0.05, 0.1) is 0 Å². The van der Waals surface area contributed by atoms with E-state index in [1.165, 1.54) is 30.7 Å². The van der Waals surface area contributed by atoms with Crippen molar-refractivity contribution in [1.82, 2.24) is 15.8 Å². The maximum absolute atomic E-state index is 13.1. The van der Waals surface area contributed by atoms with E-state index in [9.17, 15) is 14.0 Å². The number of ketones is 1. The number of benzene rings is 1. The number of carbonyl (C=O) groups excluding carboxylic acids is 2. The van der Waals surface area contributed by atoms with Crippen LogP contribution in [0.4, 0.5) is 4.39 Å². The number of hydrazine groups is 1. The fraction of sp³-hybridized carbons (Fsp3) is 0.579. The summed E-state index contributed by atoms with van der Waals surface area (Å²) in [5.74, 6) is -0.0623. The molecule has 4 atom stereocenters. The number of hydrogen-bond donors (Lipinski definition) is 2. The molecule has 2 heterocycles. The highest BCUT2D eigenvalue weighted by atomic mass is 19.1. The summed E-state index contributed by atoms with van der Waals surface area (Å²) in [6.45, 7) is 1.17. The summed E-state index contributed by atoms with van der Waals surface area (Å²) >= 11 is 0. The molecule has 0 radical (unpaired) electrons. The van der Waals surface area contributed by atoms with Crippen LogP contribution in [0.25, 0.3) is 0 Å². The Balaban J connectivity index is 1.43. The van der Waals surface area contributed by atoms with Crippen LogP contribution in [0.15, 0.2) is 24.3 Å². The first-order valence-corrected chi connectivity index (χ1v) is 9.23. The van der Waals surface area contributed by atoms with Crippen LogP contribution in [0.1, 0.15) is 42.5 Å². The summed E-state index contributed by atoms with van der Waals surface area (Å²) in [6.07, 6.45) is 4.97. The van der Waals surface area contributed by atoms with Gasteiger partial charge in [0.15, 0.2) is 5.78 Å². The Labute approximate surface area is 146 Å². The van der Waals surface area contributed by atoms with E-state index in [1.54, 1.807) is 0 Å². The molecule has 1 aromatic rings. The molecule has 3 aliphatic rings. The molecule has 4 rings (SSSR count). The lowest BCUT2D eigenvalue weighted by Gasteiger charge is -2.34. The van der Waals surface area contributed by atoms with E-state index >= 15 is 0 Å². The van der Waals surface area contributed by atoms with Crippen LogP contribution in [0.5, 0.6) is 0 Å². The second-order valence-electron chi connectivity index (χ2n) is 7.46. The maximum atomic E-state index is 13.1. The van der Waals surface area contributed by atoms with Gasteiger partial charge in [-0.25, -0.2) is 9.82 Å². The van der Waals surface area contributed by atoms with E-state index in [0.29, 0.717) is 30.6 Å². The molecule has 1 aliphatic carbocycles. The summed E-state index contributed by atoms with van der Waals surface area (Å²) in [5.41, 5.74) is 6.95. The van der Waals surface area contributed by atoms with Gasteiger partial charge >= 0.3 is 0 Å². The molecule has 134 valence electrons. The van der Waals surface area contributed by atoms with Crippen LogP contribution in [-0.2, 0) is 4.79 Å². The lowest BCUT2D eigenvalue weighted by molar-refractivity contribution is -0.135. The maximum Gasteiger partial charge on any atom is 0.241 e. The molecule has 3 unspecified atom stereocenters. The van der Waals surface area contributed by atoms with Gasteiger partial charge in [-0.1, -0.05) is 6.42 Å². The summed E-state index contributed by atoms with van der Waals surface area (Å²) in [5, 5.41) is 0. The van der Waals surface area contributed by atoms with Crippen molar-refractivity contribution in [3.63, 3.8) is 0 Å². The van der Waals surface area contributed by atoms with E-state index in [2.05, 4.69) is 10.9 Å². The smallest absolute Gasteiger partial charge is 0.241 e. The lowest BCUT2D eigenvalue weighted by atomic mass is 9.88. The van der Waals surface area contributed by atoms with Crippen molar-refractivity contribution in [3.8, 4) is 0 Å². The number of hydrogen-bond acceptors (Lipinski definition) is 4. The summed E-state index contributed by atoms with van der Waals surface area (Å²) in [7, 11) is 0. The largest absolute Gasteiger partial charge is 0.341 e. The van der Waals surface area contributed by atoms with Crippen molar-refractivity contribution in [2.75, 3.05) is 13.1 Å². The number of amides is 1. The Kier molecular flexibility index (Phi) is 4.56. The monoisotopic (exact) mass is 345 g/mol. The van der Waals surface area contributed by atoms with E-state index in [1.807, 2.05) is 4.90 Å². The molecule has 1 saturated carbocycles. The van der Waals surface area contributed by atoms with Gasteiger partial charge in [0, 0.05) is 36.5 Å². The minimum Gasteiger partial charge on any atom is -0.341 e. The first-order valence-electron chi connectivity index (χ1n) is 9.23. The molecule has 0 spiro atoms. The number of nitrogens with zero attached hydrogens (tertiary/aromatic N) is 1. The molecule has 2 aliphatic heterocycles. The highest BCUT2D eigenvalue weighted by molar-refractivity contribution is 5.98. The Morgan fingerprint density at radius 3 is 2.64 bits per heavy atom. The third-order valence-electron chi connectivity index (χ3n) is 5.92. The number of piperidine rings is 1. The molecule has 2 saturated heterocycles. The SMILES string of the molecule is O=C(c1ccc(F)cc1)[C@H]1CCCN(C(=O)C2NNC3CCCC32)C1. The second kappa shape index (κ2) is 6.84. The fourth-order valence-electron chi connectivity index (χ4n) is 4.55. The third kappa shape index (κ3) is 3.20. The molecule has 6 heteroatoms. The zero-order chi connectivity index (χ0) is 17.4. The Hall–Kier alpha value is -1.79. The van der Waals surface area contributed by atoms with Crippen LogP contribution in [0.2, 0.25) is 0 Å². The first-order chi connectivity index (χ1) is 12.1. The first kappa shape index (κ1) is 16.7. The Morgan fingerprint density at radius 1 is 1.04 bits per heavy atom. The second-order valence-corrected chi connectivity index (χ2v) is 7.46. The standard InChI is InChI=1S/C19H24FN3O2/c20-14-8-6-12(7-9-14)18(24)13-3-2-10-23(11-13)19(25)17-15-4-1-5-16(15)21-22-17/h6-9,13,15-17,21-22H,1-5,10-11H2/t13-,15?,16?,17?/m0/s1. The van der Waals surface area contributed by atoms with E-state index < -0.39 is 0 Å². The highest BCUT2D eigenvalue weighted by Gasteiger charge is 2.44. The molecular weight excluding hydrogens is 321 g/mol.